The SMILES string of the molecule is COCC1CC2CCC1(COC)C2. The van der Waals surface area contributed by atoms with Crippen LogP contribution >= 0.6 is 0 Å². The second-order valence-electron chi connectivity index (χ2n) is 4.79. The molecule has 2 nitrogen and oxygen atoms in total. The first-order valence-electron chi connectivity index (χ1n) is 5.28. The second-order valence-corrected chi connectivity index (χ2v) is 4.79. The fourth-order valence-corrected chi connectivity index (χ4v) is 3.48. The topological polar surface area (TPSA) is 18.5 Å². The van der Waals surface area contributed by atoms with Gasteiger partial charge < -0.3 is 9.47 Å². The zero-order chi connectivity index (χ0) is 9.31. The van der Waals surface area contributed by atoms with E-state index in [1.807, 2.05) is 14.2 Å². The average molecular weight is 184 g/mol. The molecule has 0 aromatic carbocycles. The molecule has 2 bridgehead atoms. The lowest BCUT2D eigenvalue weighted by Gasteiger charge is -2.34. The third-order valence-corrected chi connectivity index (χ3v) is 4.03. The molecule has 3 atom stereocenters. The lowest BCUT2D eigenvalue weighted by molar-refractivity contribution is 0.0108. The summed E-state index contributed by atoms with van der Waals surface area (Å²) in [4.78, 5) is 0. The molecular weight excluding hydrogens is 164 g/mol. The van der Waals surface area contributed by atoms with Crippen molar-refractivity contribution in [2.45, 2.75) is 25.7 Å². The Hall–Kier alpha value is -0.0800. The summed E-state index contributed by atoms with van der Waals surface area (Å²) in [6.07, 6.45) is 5.54. The Bertz CT molecular complexity index is 181. The smallest absolute Gasteiger partial charge is 0.0522 e. The Labute approximate surface area is 80.6 Å². The van der Waals surface area contributed by atoms with Gasteiger partial charge in [0.15, 0.2) is 0 Å². The lowest BCUT2D eigenvalue weighted by Crippen LogP contribution is -2.32. The van der Waals surface area contributed by atoms with Crippen LogP contribution in [0, 0.1) is 17.3 Å². The van der Waals surface area contributed by atoms with Crippen molar-refractivity contribution in [3.63, 3.8) is 0 Å². The van der Waals surface area contributed by atoms with Crippen molar-refractivity contribution in [2.24, 2.45) is 17.3 Å². The van der Waals surface area contributed by atoms with Crippen molar-refractivity contribution in [3.05, 3.63) is 0 Å². The van der Waals surface area contributed by atoms with E-state index in [1.54, 1.807) is 0 Å². The number of ether oxygens (including phenoxy) is 2. The van der Waals surface area contributed by atoms with Crippen LogP contribution in [-0.2, 0) is 9.47 Å². The first-order valence-corrected chi connectivity index (χ1v) is 5.28. The zero-order valence-electron chi connectivity index (χ0n) is 8.71. The largest absolute Gasteiger partial charge is 0.384 e. The highest BCUT2D eigenvalue weighted by Crippen LogP contribution is 2.57. The highest BCUT2D eigenvalue weighted by Gasteiger charge is 2.51. The van der Waals surface area contributed by atoms with Gasteiger partial charge in [0, 0.05) is 20.8 Å². The van der Waals surface area contributed by atoms with Gasteiger partial charge in [0.2, 0.25) is 0 Å². The predicted octanol–water partition coefficient (Wildman–Crippen LogP) is 2.09. The summed E-state index contributed by atoms with van der Waals surface area (Å²) in [5.41, 5.74) is 0.482. The maximum Gasteiger partial charge on any atom is 0.0522 e. The van der Waals surface area contributed by atoms with Crippen LogP contribution in [0.1, 0.15) is 25.7 Å². The summed E-state index contributed by atoms with van der Waals surface area (Å²) >= 11 is 0. The summed E-state index contributed by atoms with van der Waals surface area (Å²) in [5, 5.41) is 0. The van der Waals surface area contributed by atoms with E-state index in [2.05, 4.69) is 0 Å². The molecule has 0 amide bonds. The van der Waals surface area contributed by atoms with Gasteiger partial charge in [-0.2, -0.15) is 0 Å². The molecule has 0 spiro atoms. The quantitative estimate of drug-likeness (QED) is 0.666. The van der Waals surface area contributed by atoms with Crippen LogP contribution in [0.4, 0.5) is 0 Å². The number of methoxy groups -OCH3 is 2. The number of hydrogen-bond acceptors (Lipinski definition) is 2. The molecule has 0 aromatic rings. The van der Waals surface area contributed by atoms with E-state index in [0.29, 0.717) is 5.41 Å². The molecule has 2 fully saturated rings. The van der Waals surface area contributed by atoms with Gasteiger partial charge >= 0.3 is 0 Å². The molecular formula is C11H20O2. The van der Waals surface area contributed by atoms with Gasteiger partial charge in [-0.05, 0) is 42.9 Å². The van der Waals surface area contributed by atoms with Crippen LogP contribution in [0.25, 0.3) is 0 Å². The molecule has 0 aromatic heterocycles. The van der Waals surface area contributed by atoms with E-state index in [4.69, 9.17) is 9.47 Å². The maximum atomic E-state index is 5.37. The molecule has 2 aliphatic carbocycles. The summed E-state index contributed by atoms with van der Waals surface area (Å²) in [6, 6.07) is 0. The number of fused-ring (bicyclic) bond motifs is 2. The Morgan fingerprint density at radius 3 is 2.77 bits per heavy atom. The van der Waals surface area contributed by atoms with Gasteiger partial charge in [-0.15, -0.1) is 0 Å². The van der Waals surface area contributed by atoms with Gasteiger partial charge in [0.25, 0.3) is 0 Å². The van der Waals surface area contributed by atoms with Crippen LogP contribution in [0.15, 0.2) is 0 Å². The van der Waals surface area contributed by atoms with Gasteiger partial charge in [0.1, 0.15) is 0 Å². The van der Waals surface area contributed by atoms with Crippen molar-refractivity contribution >= 4 is 0 Å². The second kappa shape index (κ2) is 3.58. The predicted molar refractivity (Wildman–Crippen MR) is 51.6 cm³/mol. The standard InChI is InChI=1S/C11H20O2/c1-12-7-10-5-9-3-4-11(10,6-9)8-13-2/h9-10H,3-8H2,1-2H3. The van der Waals surface area contributed by atoms with E-state index in [9.17, 15) is 0 Å². The molecule has 2 aliphatic rings. The van der Waals surface area contributed by atoms with Crippen molar-refractivity contribution in [2.75, 3.05) is 27.4 Å². The third kappa shape index (κ3) is 1.50. The molecule has 2 heteroatoms. The highest BCUT2D eigenvalue weighted by atomic mass is 16.5. The summed E-state index contributed by atoms with van der Waals surface area (Å²) < 4.78 is 10.7. The van der Waals surface area contributed by atoms with Crippen LogP contribution in [0.3, 0.4) is 0 Å². The minimum absolute atomic E-state index is 0.482. The molecule has 0 aliphatic heterocycles. The average Bonchev–Trinajstić information content (AvgIpc) is 2.63. The molecule has 76 valence electrons. The summed E-state index contributed by atoms with van der Waals surface area (Å²) in [5.74, 6) is 1.73. The van der Waals surface area contributed by atoms with Crippen LogP contribution < -0.4 is 0 Å². The lowest BCUT2D eigenvalue weighted by atomic mass is 9.76. The molecule has 13 heavy (non-hydrogen) atoms. The maximum absolute atomic E-state index is 5.37. The minimum atomic E-state index is 0.482. The monoisotopic (exact) mass is 184 g/mol. The Balaban J connectivity index is 2.03. The van der Waals surface area contributed by atoms with Crippen molar-refractivity contribution < 1.29 is 9.47 Å². The van der Waals surface area contributed by atoms with E-state index < -0.39 is 0 Å². The van der Waals surface area contributed by atoms with E-state index in [0.717, 1.165) is 25.0 Å². The molecule has 2 saturated carbocycles. The van der Waals surface area contributed by atoms with Crippen molar-refractivity contribution in [1.29, 1.82) is 0 Å². The van der Waals surface area contributed by atoms with E-state index in [1.165, 1.54) is 25.7 Å². The van der Waals surface area contributed by atoms with Gasteiger partial charge in [-0.25, -0.2) is 0 Å². The Morgan fingerprint density at radius 2 is 2.15 bits per heavy atom. The van der Waals surface area contributed by atoms with Gasteiger partial charge in [-0.1, -0.05) is 0 Å². The fourth-order valence-electron chi connectivity index (χ4n) is 3.48. The number of rotatable bonds is 4. The minimum Gasteiger partial charge on any atom is -0.384 e. The zero-order valence-corrected chi connectivity index (χ0v) is 8.71. The Morgan fingerprint density at radius 1 is 1.31 bits per heavy atom. The van der Waals surface area contributed by atoms with E-state index in [-0.39, 0.29) is 0 Å². The normalized spacial score (nSPS) is 42.9. The molecule has 0 radical (unpaired) electrons. The number of hydrogen-bond donors (Lipinski definition) is 0. The molecule has 0 N–H and O–H groups in total. The van der Waals surface area contributed by atoms with Gasteiger partial charge in [-0.3, -0.25) is 0 Å². The molecule has 0 saturated heterocycles. The summed E-state index contributed by atoms with van der Waals surface area (Å²) in [7, 11) is 3.64. The van der Waals surface area contributed by atoms with Crippen LogP contribution in [0.2, 0.25) is 0 Å². The first kappa shape index (κ1) is 9.47. The molecule has 0 heterocycles. The highest BCUT2D eigenvalue weighted by molar-refractivity contribution is 5.01. The fraction of sp³-hybridized carbons (Fsp3) is 1.00. The third-order valence-electron chi connectivity index (χ3n) is 4.03. The van der Waals surface area contributed by atoms with E-state index >= 15 is 0 Å². The first-order chi connectivity index (χ1) is 6.30. The summed E-state index contributed by atoms with van der Waals surface area (Å²) in [6.45, 7) is 1.87. The van der Waals surface area contributed by atoms with Crippen LogP contribution in [0.5, 0.6) is 0 Å². The van der Waals surface area contributed by atoms with Gasteiger partial charge in [0.05, 0.1) is 6.61 Å². The van der Waals surface area contributed by atoms with Crippen molar-refractivity contribution in [1.82, 2.24) is 0 Å². The molecule has 3 unspecified atom stereocenters. The van der Waals surface area contributed by atoms with Crippen molar-refractivity contribution in [3.8, 4) is 0 Å². The Kier molecular flexibility index (Phi) is 2.61. The van der Waals surface area contributed by atoms with Crippen LogP contribution in [-0.4, -0.2) is 27.4 Å². The molecule has 2 rings (SSSR count).